The summed E-state index contributed by atoms with van der Waals surface area (Å²) < 4.78 is 32.2. The normalized spacial score (nSPS) is 21.5. The molecule has 0 spiro atoms. The van der Waals surface area contributed by atoms with E-state index in [9.17, 15) is 8.42 Å². The van der Waals surface area contributed by atoms with Crippen LogP contribution in [0.3, 0.4) is 0 Å². The van der Waals surface area contributed by atoms with E-state index in [1.54, 1.807) is 6.20 Å². The number of morpholine rings is 1. The van der Waals surface area contributed by atoms with Crippen molar-refractivity contribution in [3.63, 3.8) is 0 Å². The molecule has 1 aliphatic rings. The maximum atomic E-state index is 12.7. The molecular formula is C12H22N4O3S. The highest BCUT2D eigenvalue weighted by Crippen LogP contribution is 2.21. The molecule has 2 N–H and O–H groups in total. The van der Waals surface area contributed by atoms with Crippen molar-refractivity contribution in [2.24, 2.45) is 0 Å². The maximum Gasteiger partial charge on any atom is 0.260 e. The van der Waals surface area contributed by atoms with E-state index in [0.29, 0.717) is 31.9 Å². The van der Waals surface area contributed by atoms with Crippen LogP contribution in [0.2, 0.25) is 0 Å². The van der Waals surface area contributed by atoms with Gasteiger partial charge in [0.2, 0.25) is 0 Å². The number of sulfonamides is 1. The van der Waals surface area contributed by atoms with E-state index in [0.717, 1.165) is 0 Å². The average molecular weight is 302 g/mol. The second-order valence-electron chi connectivity index (χ2n) is 5.30. The summed E-state index contributed by atoms with van der Waals surface area (Å²) in [5, 5.41) is 9.90. The van der Waals surface area contributed by atoms with Crippen molar-refractivity contribution >= 4 is 10.0 Å². The summed E-state index contributed by atoms with van der Waals surface area (Å²) in [7, 11) is -3.55. The fourth-order valence-electron chi connectivity index (χ4n) is 2.15. The third kappa shape index (κ3) is 3.20. The Balaban J connectivity index is 2.23. The molecule has 7 nitrogen and oxygen atoms in total. The summed E-state index contributed by atoms with van der Waals surface area (Å²) >= 11 is 0. The molecule has 0 bridgehead atoms. The van der Waals surface area contributed by atoms with Crippen LogP contribution in [-0.2, 0) is 21.3 Å². The highest BCUT2D eigenvalue weighted by atomic mass is 32.2. The van der Waals surface area contributed by atoms with Crippen molar-refractivity contribution in [1.29, 1.82) is 0 Å². The van der Waals surface area contributed by atoms with Crippen LogP contribution in [0.4, 0.5) is 0 Å². The number of ether oxygens (including phenoxy) is 1. The van der Waals surface area contributed by atoms with E-state index < -0.39 is 10.0 Å². The second kappa shape index (κ2) is 6.21. The van der Waals surface area contributed by atoms with E-state index >= 15 is 0 Å². The lowest BCUT2D eigenvalue weighted by Gasteiger charge is -2.31. The van der Waals surface area contributed by atoms with Gasteiger partial charge in [-0.15, -0.1) is 0 Å². The zero-order valence-electron chi connectivity index (χ0n) is 12.1. The molecule has 1 fully saturated rings. The van der Waals surface area contributed by atoms with Crippen LogP contribution in [0, 0.1) is 0 Å². The van der Waals surface area contributed by atoms with Crippen molar-refractivity contribution < 1.29 is 13.2 Å². The summed E-state index contributed by atoms with van der Waals surface area (Å²) in [5.74, 6) is 0. The topological polar surface area (TPSA) is 87.3 Å². The molecule has 0 aliphatic carbocycles. The minimum atomic E-state index is -3.55. The summed E-state index contributed by atoms with van der Waals surface area (Å²) in [6, 6.07) is 0.116. The molecule has 1 saturated heterocycles. The lowest BCUT2D eigenvalue weighted by Crippen LogP contribution is -2.47. The minimum absolute atomic E-state index is 0.164. The van der Waals surface area contributed by atoms with Gasteiger partial charge in [-0.25, -0.2) is 8.42 Å². The molecule has 1 atom stereocenters. The van der Waals surface area contributed by atoms with Crippen molar-refractivity contribution in [3.8, 4) is 0 Å². The predicted molar refractivity (Wildman–Crippen MR) is 74.7 cm³/mol. The number of H-pyrrole nitrogens is 1. The van der Waals surface area contributed by atoms with Crippen LogP contribution in [-0.4, -0.2) is 54.8 Å². The van der Waals surface area contributed by atoms with Crippen LogP contribution in [0.1, 0.15) is 26.3 Å². The van der Waals surface area contributed by atoms with Gasteiger partial charge in [-0.3, -0.25) is 5.10 Å². The molecular weight excluding hydrogens is 280 g/mol. The molecule has 114 valence electrons. The molecule has 1 aliphatic heterocycles. The molecule has 0 saturated carbocycles. The SMILES string of the molecule is CC(C)NCc1cn[nH]c1S(=O)(=O)N1CCOCC1C. The van der Waals surface area contributed by atoms with Gasteiger partial charge in [0, 0.05) is 30.7 Å². The maximum absolute atomic E-state index is 12.7. The second-order valence-corrected chi connectivity index (χ2v) is 7.13. The quantitative estimate of drug-likeness (QED) is 0.818. The molecule has 1 unspecified atom stereocenters. The van der Waals surface area contributed by atoms with Gasteiger partial charge in [-0.2, -0.15) is 9.40 Å². The Morgan fingerprint density at radius 1 is 1.60 bits per heavy atom. The fraction of sp³-hybridized carbons (Fsp3) is 0.750. The largest absolute Gasteiger partial charge is 0.378 e. The van der Waals surface area contributed by atoms with Crippen molar-refractivity contribution in [1.82, 2.24) is 19.8 Å². The van der Waals surface area contributed by atoms with Gasteiger partial charge < -0.3 is 10.1 Å². The highest BCUT2D eigenvalue weighted by molar-refractivity contribution is 7.89. The van der Waals surface area contributed by atoms with Gasteiger partial charge in [-0.1, -0.05) is 13.8 Å². The van der Waals surface area contributed by atoms with Crippen molar-refractivity contribution in [2.75, 3.05) is 19.8 Å². The predicted octanol–water partition coefficient (Wildman–Crippen LogP) is 0.317. The molecule has 0 aromatic carbocycles. The van der Waals surface area contributed by atoms with E-state index in [2.05, 4.69) is 15.5 Å². The summed E-state index contributed by atoms with van der Waals surface area (Å²) in [6.07, 6.45) is 1.56. The summed E-state index contributed by atoms with van der Waals surface area (Å²) in [6.45, 7) is 7.57. The van der Waals surface area contributed by atoms with Gasteiger partial charge in [0.1, 0.15) is 0 Å². The van der Waals surface area contributed by atoms with E-state index in [4.69, 9.17) is 4.74 Å². The van der Waals surface area contributed by atoms with E-state index in [1.165, 1.54) is 4.31 Å². The molecule has 2 rings (SSSR count). The zero-order valence-corrected chi connectivity index (χ0v) is 12.9. The average Bonchev–Trinajstić information content (AvgIpc) is 2.85. The Hall–Kier alpha value is -0.960. The molecule has 20 heavy (non-hydrogen) atoms. The van der Waals surface area contributed by atoms with Crippen LogP contribution >= 0.6 is 0 Å². The van der Waals surface area contributed by atoms with Crippen LogP contribution < -0.4 is 5.32 Å². The number of aromatic nitrogens is 2. The molecule has 2 heterocycles. The lowest BCUT2D eigenvalue weighted by atomic mass is 10.3. The first kappa shape index (κ1) is 15.4. The van der Waals surface area contributed by atoms with Gasteiger partial charge in [-0.05, 0) is 6.92 Å². The molecule has 0 radical (unpaired) electrons. The Morgan fingerprint density at radius 2 is 2.35 bits per heavy atom. The Morgan fingerprint density at radius 3 is 3.00 bits per heavy atom. The van der Waals surface area contributed by atoms with Gasteiger partial charge >= 0.3 is 0 Å². The highest BCUT2D eigenvalue weighted by Gasteiger charge is 2.34. The molecule has 8 heteroatoms. The van der Waals surface area contributed by atoms with Crippen molar-refractivity contribution in [2.45, 2.75) is 44.4 Å². The summed E-state index contributed by atoms with van der Waals surface area (Å²) in [5.41, 5.74) is 0.664. The minimum Gasteiger partial charge on any atom is -0.378 e. The van der Waals surface area contributed by atoms with Gasteiger partial charge in [0.25, 0.3) is 10.0 Å². The van der Waals surface area contributed by atoms with E-state index in [-0.39, 0.29) is 17.1 Å². The number of nitrogens with one attached hydrogen (secondary N) is 2. The summed E-state index contributed by atoms with van der Waals surface area (Å²) in [4.78, 5) is 0. The number of nitrogens with zero attached hydrogens (tertiary/aromatic N) is 2. The number of aromatic amines is 1. The lowest BCUT2D eigenvalue weighted by molar-refractivity contribution is 0.0391. The number of hydrogen-bond donors (Lipinski definition) is 2. The molecule has 1 aromatic rings. The number of hydrogen-bond acceptors (Lipinski definition) is 5. The van der Waals surface area contributed by atoms with Crippen LogP contribution in [0.5, 0.6) is 0 Å². The van der Waals surface area contributed by atoms with Crippen molar-refractivity contribution in [3.05, 3.63) is 11.8 Å². The van der Waals surface area contributed by atoms with Crippen LogP contribution in [0.15, 0.2) is 11.2 Å². The third-order valence-electron chi connectivity index (χ3n) is 3.25. The standard InChI is InChI=1S/C12H22N4O3S/c1-9(2)13-6-11-7-14-15-12(11)20(17,18)16-4-5-19-8-10(16)3/h7,9-10,13H,4-6,8H2,1-3H3,(H,14,15). The van der Waals surface area contributed by atoms with Crippen LogP contribution in [0.25, 0.3) is 0 Å². The molecule has 1 aromatic heterocycles. The van der Waals surface area contributed by atoms with Gasteiger partial charge in [0.05, 0.1) is 19.4 Å². The Bertz CT molecular complexity index is 541. The first-order chi connectivity index (χ1) is 9.43. The smallest absolute Gasteiger partial charge is 0.260 e. The number of rotatable bonds is 5. The monoisotopic (exact) mass is 302 g/mol. The zero-order chi connectivity index (χ0) is 14.8. The first-order valence-electron chi connectivity index (χ1n) is 6.78. The Kier molecular flexibility index (Phi) is 4.79. The third-order valence-corrected chi connectivity index (χ3v) is 5.28. The van der Waals surface area contributed by atoms with Gasteiger partial charge in [0.15, 0.2) is 5.03 Å². The molecule has 0 amide bonds. The fourth-order valence-corrected chi connectivity index (χ4v) is 3.86. The van der Waals surface area contributed by atoms with E-state index in [1.807, 2.05) is 20.8 Å². The Labute approximate surface area is 119 Å². The first-order valence-corrected chi connectivity index (χ1v) is 8.22.